The van der Waals surface area contributed by atoms with Crippen molar-refractivity contribution in [3.05, 3.63) is 0 Å². The third kappa shape index (κ3) is 4.64. The van der Waals surface area contributed by atoms with Gasteiger partial charge >= 0.3 is 5.97 Å². The van der Waals surface area contributed by atoms with Gasteiger partial charge in [0.15, 0.2) is 0 Å². The fourth-order valence-electron chi connectivity index (χ4n) is 1.50. The normalized spacial score (nSPS) is 16.6. The van der Waals surface area contributed by atoms with Gasteiger partial charge < -0.3 is 15.8 Å². The predicted molar refractivity (Wildman–Crippen MR) is 70.8 cm³/mol. The first-order valence-corrected chi connectivity index (χ1v) is 6.28. The van der Waals surface area contributed by atoms with E-state index in [1.807, 2.05) is 34.6 Å². The number of methoxy groups -OCH3 is 1. The smallest absolute Gasteiger partial charge is 0.328 e. The number of carbonyl (C=O) groups is 2. The average Bonchev–Trinajstić information content (AvgIpc) is 2.31. The Kier molecular flexibility index (Phi) is 6.32. The SMILES string of the molecule is CCC(C)C(N)C(=O)N[C@H](C(=O)OC)C(C)(C)C. The van der Waals surface area contributed by atoms with Gasteiger partial charge in [0.05, 0.1) is 13.2 Å². The number of rotatable bonds is 5. The van der Waals surface area contributed by atoms with Gasteiger partial charge in [0.2, 0.25) is 5.91 Å². The summed E-state index contributed by atoms with van der Waals surface area (Å²) in [7, 11) is 1.31. The maximum atomic E-state index is 12.0. The summed E-state index contributed by atoms with van der Waals surface area (Å²) in [4.78, 5) is 23.7. The van der Waals surface area contributed by atoms with Crippen molar-refractivity contribution in [2.75, 3.05) is 7.11 Å². The maximum absolute atomic E-state index is 12.0. The van der Waals surface area contributed by atoms with Crippen LogP contribution in [0.25, 0.3) is 0 Å². The molecule has 0 saturated carbocycles. The van der Waals surface area contributed by atoms with Crippen LogP contribution in [0, 0.1) is 11.3 Å². The third-order valence-electron chi connectivity index (χ3n) is 3.15. The van der Waals surface area contributed by atoms with Crippen LogP contribution in [0.3, 0.4) is 0 Å². The topological polar surface area (TPSA) is 81.4 Å². The summed E-state index contributed by atoms with van der Waals surface area (Å²) in [6, 6.07) is -1.30. The molecule has 0 aromatic carbocycles. The average molecular weight is 258 g/mol. The number of nitrogens with one attached hydrogen (secondary N) is 1. The van der Waals surface area contributed by atoms with E-state index in [9.17, 15) is 9.59 Å². The Labute approximate surface area is 109 Å². The predicted octanol–water partition coefficient (Wildman–Crippen LogP) is 1.06. The van der Waals surface area contributed by atoms with Crippen LogP contribution in [-0.2, 0) is 14.3 Å². The first-order chi connectivity index (χ1) is 8.15. The van der Waals surface area contributed by atoms with Gasteiger partial charge in [-0.15, -0.1) is 0 Å². The zero-order valence-electron chi connectivity index (χ0n) is 12.2. The summed E-state index contributed by atoms with van der Waals surface area (Å²) in [5, 5.41) is 2.68. The molecule has 0 aromatic rings. The summed E-state index contributed by atoms with van der Waals surface area (Å²) >= 11 is 0. The molecule has 18 heavy (non-hydrogen) atoms. The molecule has 0 spiro atoms. The molecule has 0 aliphatic heterocycles. The Bertz CT molecular complexity index is 297. The zero-order chi connectivity index (χ0) is 14.5. The Hall–Kier alpha value is -1.10. The minimum atomic E-state index is -0.690. The van der Waals surface area contributed by atoms with Crippen LogP contribution in [0.5, 0.6) is 0 Å². The third-order valence-corrected chi connectivity index (χ3v) is 3.15. The molecule has 0 rings (SSSR count). The van der Waals surface area contributed by atoms with Gasteiger partial charge in [0.1, 0.15) is 6.04 Å². The second-order valence-corrected chi connectivity index (χ2v) is 5.74. The molecule has 106 valence electrons. The molecule has 0 heterocycles. The molecule has 0 fully saturated rings. The van der Waals surface area contributed by atoms with E-state index in [0.29, 0.717) is 0 Å². The molecule has 0 saturated heterocycles. The van der Waals surface area contributed by atoms with E-state index in [-0.39, 0.29) is 11.8 Å². The summed E-state index contributed by atoms with van der Waals surface area (Å²) in [5.41, 5.74) is 5.42. The summed E-state index contributed by atoms with van der Waals surface area (Å²) in [5.74, 6) is -0.690. The fourth-order valence-corrected chi connectivity index (χ4v) is 1.50. The highest BCUT2D eigenvalue weighted by molar-refractivity contribution is 5.88. The van der Waals surface area contributed by atoms with Crippen molar-refractivity contribution in [2.24, 2.45) is 17.1 Å². The van der Waals surface area contributed by atoms with E-state index >= 15 is 0 Å². The number of esters is 1. The molecule has 5 heteroatoms. The number of carbonyl (C=O) groups excluding carboxylic acids is 2. The van der Waals surface area contributed by atoms with Gasteiger partial charge in [0.25, 0.3) is 0 Å². The summed E-state index contributed by atoms with van der Waals surface area (Å²) in [6.45, 7) is 9.48. The van der Waals surface area contributed by atoms with Crippen LogP contribution >= 0.6 is 0 Å². The minimum absolute atomic E-state index is 0.0725. The van der Waals surface area contributed by atoms with E-state index in [0.717, 1.165) is 6.42 Å². The molecule has 3 atom stereocenters. The second kappa shape index (κ2) is 6.73. The lowest BCUT2D eigenvalue weighted by Crippen LogP contribution is -2.55. The van der Waals surface area contributed by atoms with Crippen molar-refractivity contribution in [2.45, 2.75) is 53.1 Å². The Morgan fingerprint density at radius 2 is 1.83 bits per heavy atom. The van der Waals surface area contributed by atoms with Crippen molar-refractivity contribution < 1.29 is 14.3 Å². The lowest BCUT2D eigenvalue weighted by Gasteiger charge is -2.30. The molecular weight excluding hydrogens is 232 g/mol. The molecule has 5 nitrogen and oxygen atoms in total. The molecular formula is C13H26N2O3. The van der Waals surface area contributed by atoms with Crippen LogP contribution in [0.4, 0.5) is 0 Å². The van der Waals surface area contributed by atoms with Crippen molar-refractivity contribution in [1.82, 2.24) is 5.32 Å². The van der Waals surface area contributed by atoms with E-state index in [2.05, 4.69) is 5.32 Å². The summed E-state index contributed by atoms with van der Waals surface area (Å²) in [6.07, 6.45) is 0.812. The second-order valence-electron chi connectivity index (χ2n) is 5.74. The Morgan fingerprint density at radius 3 is 2.17 bits per heavy atom. The molecule has 0 aromatic heterocycles. The van der Waals surface area contributed by atoms with Crippen LogP contribution in [-0.4, -0.2) is 31.1 Å². The number of nitrogens with two attached hydrogens (primary N) is 1. The Morgan fingerprint density at radius 1 is 1.33 bits per heavy atom. The highest BCUT2D eigenvalue weighted by Gasteiger charge is 2.35. The Balaban J connectivity index is 4.80. The quantitative estimate of drug-likeness (QED) is 0.723. The first kappa shape index (κ1) is 16.9. The van der Waals surface area contributed by atoms with E-state index in [1.165, 1.54) is 7.11 Å². The van der Waals surface area contributed by atoms with E-state index < -0.39 is 23.5 Å². The molecule has 2 unspecified atom stereocenters. The van der Waals surface area contributed by atoms with Crippen LogP contribution in [0.2, 0.25) is 0 Å². The minimum Gasteiger partial charge on any atom is -0.467 e. The molecule has 0 bridgehead atoms. The van der Waals surface area contributed by atoms with Crippen molar-refractivity contribution in [3.8, 4) is 0 Å². The maximum Gasteiger partial charge on any atom is 0.328 e. The van der Waals surface area contributed by atoms with Crippen molar-refractivity contribution in [1.29, 1.82) is 0 Å². The summed E-state index contributed by atoms with van der Waals surface area (Å²) < 4.78 is 4.71. The monoisotopic (exact) mass is 258 g/mol. The lowest BCUT2D eigenvalue weighted by atomic mass is 9.86. The molecule has 0 aliphatic rings. The van der Waals surface area contributed by atoms with Crippen molar-refractivity contribution in [3.63, 3.8) is 0 Å². The largest absolute Gasteiger partial charge is 0.467 e. The fraction of sp³-hybridized carbons (Fsp3) is 0.846. The number of hydrogen-bond acceptors (Lipinski definition) is 4. The molecule has 0 aliphatic carbocycles. The zero-order valence-corrected chi connectivity index (χ0v) is 12.2. The van der Waals surface area contributed by atoms with E-state index in [4.69, 9.17) is 10.5 Å². The molecule has 1 amide bonds. The number of amides is 1. The number of hydrogen-bond donors (Lipinski definition) is 2. The highest BCUT2D eigenvalue weighted by Crippen LogP contribution is 2.20. The van der Waals surface area contributed by atoms with Crippen LogP contribution < -0.4 is 11.1 Å². The van der Waals surface area contributed by atoms with Crippen LogP contribution in [0.1, 0.15) is 41.0 Å². The van der Waals surface area contributed by atoms with Gasteiger partial charge in [-0.05, 0) is 11.3 Å². The standard InChI is InChI=1S/C13H26N2O3/c1-7-8(2)9(14)11(16)15-10(12(17)18-6)13(3,4)5/h8-10H,7,14H2,1-6H3,(H,15,16)/t8?,9?,10-/m1/s1. The number of ether oxygens (including phenoxy) is 1. The first-order valence-electron chi connectivity index (χ1n) is 6.28. The lowest BCUT2D eigenvalue weighted by molar-refractivity contribution is -0.148. The van der Waals surface area contributed by atoms with E-state index in [1.54, 1.807) is 0 Å². The molecule has 0 radical (unpaired) electrons. The van der Waals surface area contributed by atoms with Gasteiger partial charge in [0, 0.05) is 0 Å². The van der Waals surface area contributed by atoms with Crippen LogP contribution in [0.15, 0.2) is 0 Å². The van der Waals surface area contributed by atoms with Gasteiger partial charge in [-0.1, -0.05) is 41.0 Å². The highest BCUT2D eigenvalue weighted by atomic mass is 16.5. The molecule has 3 N–H and O–H groups in total. The van der Waals surface area contributed by atoms with Gasteiger partial charge in [-0.25, -0.2) is 4.79 Å². The van der Waals surface area contributed by atoms with Gasteiger partial charge in [-0.2, -0.15) is 0 Å². The van der Waals surface area contributed by atoms with Gasteiger partial charge in [-0.3, -0.25) is 4.79 Å². The van der Waals surface area contributed by atoms with Crippen molar-refractivity contribution >= 4 is 11.9 Å².